The molecular weight excluding hydrogens is 360 g/mol. The van der Waals surface area contributed by atoms with E-state index < -0.39 is 16.1 Å². The molecule has 1 aromatic rings. The lowest BCUT2D eigenvalue weighted by Gasteiger charge is -2.28. The molecule has 1 unspecified atom stereocenters. The van der Waals surface area contributed by atoms with Crippen LogP contribution < -0.4 is 11.3 Å². The van der Waals surface area contributed by atoms with Crippen molar-refractivity contribution in [1.29, 1.82) is 0 Å². The predicted octanol–water partition coefficient (Wildman–Crippen LogP) is 1.06. The van der Waals surface area contributed by atoms with Crippen molar-refractivity contribution >= 4 is 31.8 Å². The summed E-state index contributed by atoms with van der Waals surface area (Å²) in [6, 6.07) is 1.07. The third-order valence-corrected chi connectivity index (χ3v) is 5.98. The Hall–Kier alpha value is -0.740. The normalized spacial score (nSPS) is 21.0. The van der Waals surface area contributed by atoms with Gasteiger partial charge in [0.1, 0.15) is 4.90 Å². The Morgan fingerprint density at radius 1 is 1.48 bits per heavy atom. The number of nitrogen functional groups attached to an aromatic ring is 1. The lowest BCUT2D eigenvalue weighted by Crippen LogP contribution is -2.42. The number of anilines is 1. The minimum absolute atomic E-state index is 0.0136. The largest absolute Gasteiger partial charge is 0.395 e. The first-order valence-corrected chi connectivity index (χ1v) is 8.99. The molecule has 1 aromatic heterocycles. The van der Waals surface area contributed by atoms with Gasteiger partial charge in [-0.3, -0.25) is 0 Å². The van der Waals surface area contributed by atoms with Crippen LogP contribution in [-0.4, -0.2) is 42.0 Å². The van der Waals surface area contributed by atoms with Crippen LogP contribution in [0.4, 0.5) is 5.82 Å². The van der Waals surface area contributed by atoms with Gasteiger partial charge >= 0.3 is 0 Å². The maximum Gasteiger partial charge on any atom is 0.247 e. The van der Waals surface area contributed by atoms with Crippen molar-refractivity contribution in [2.24, 2.45) is 5.84 Å². The van der Waals surface area contributed by atoms with E-state index in [9.17, 15) is 13.5 Å². The molecule has 1 aliphatic rings. The number of sulfonamides is 1. The predicted molar refractivity (Wildman–Crippen MR) is 83.0 cm³/mol. The number of aromatic nitrogens is 1. The summed E-state index contributed by atoms with van der Waals surface area (Å²) in [7, 11) is -3.77. The molecule has 0 aliphatic carbocycles. The molecule has 0 saturated carbocycles. The number of halogens is 1. The zero-order valence-electron chi connectivity index (χ0n) is 11.5. The second kappa shape index (κ2) is 7.01. The first-order chi connectivity index (χ1) is 10.0. The molecule has 2 rings (SSSR count). The van der Waals surface area contributed by atoms with Crippen LogP contribution in [-0.2, 0) is 10.0 Å². The number of aliphatic hydroxyl groups excluding tert-OH is 1. The molecule has 1 fully saturated rings. The van der Waals surface area contributed by atoms with Crippen molar-refractivity contribution in [3.63, 3.8) is 0 Å². The smallest absolute Gasteiger partial charge is 0.247 e. The monoisotopic (exact) mass is 378 g/mol. The summed E-state index contributed by atoms with van der Waals surface area (Å²) in [5.74, 6) is 5.46. The second-order valence-electron chi connectivity index (χ2n) is 4.95. The number of nitrogens with two attached hydrogens (primary N) is 1. The van der Waals surface area contributed by atoms with Gasteiger partial charge in [-0.15, -0.1) is 0 Å². The maximum atomic E-state index is 12.9. The number of nitrogens with zero attached hydrogens (tertiary/aromatic N) is 2. The number of pyridine rings is 1. The van der Waals surface area contributed by atoms with Crippen molar-refractivity contribution < 1.29 is 13.5 Å². The van der Waals surface area contributed by atoms with Gasteiger partial charge in [0.25, 0.3) is 0 Å². The summed E-state index contributed by atoms with van der Waals surface area (Å²) < 4.78 is 27.7. The van der Waals surface area contributed by atoms with Gasteiger partial charge in [-0.05, 0) is 34.8 Å². The van der Waals surface area contributed by atoms with Crippen LogP contribution in [0.25, 0.3) is 0 Å². The van der Waals surface area contributed by atoms with E-state index in [1.54, 1.807) is 0 Å². The topological polar surface area (TPSA) is 109 Å². The fourth-order valence-electron chi connectivity index (χ4n) is 2.50. The SMILES string of the molecule is NNc1ncc(Br)cc1S(=O)(=O)N1CCCCCC1CO. The molecule has 1 atom stereocenters. The standard InChI is InChI=1S/C12H19BrN4O3S/c13-9-6-11(12(16-14)15-7-9)21(19,20)17-5-3-1-2-4-10(17)8-18/h6-7,10,18H,1-5,8,14H2,(H,15,16). The van der Waals surface area contributed by atoms with Crippen molar-refractivity contribution in [1.82, 2.24) is 9.29 Å². The van der Waals surface area contributed by atoms with Crippen LogP contribution >= 0.6 is 15.9 Å². The molecule has 7 nitrogen and oxygen atoms in total. The molecule has 0 bridgehead atoms. The van der Waals surface area contributed by atoms with Crippen LogP contribution in [0, 0.1) is 0 Å². The molecule has 0 amide bonds. The summed E-state index contributed by atoms with van der Waals surface area (Å²) in [5.41, 5.74) is 2.32. The van der Waals surface area contributed by atoms with Crippen LogP contribution in [0.15, 0.2) is 21.6 Å². The average molecular weight is 379 g/mol. The molecule has 1 saturated heterocycles. The van der Waals surface area contributed by atoms with E-state index in [0.717, 1.165) is 19.3 Å². The summed E-state index contributed by atoms with van der Waals surface area (Å²) >= 11 is 3.23. The van der Waals surface area contributed by atoms with E-state index in [-0.39, 0.29) is 17.3 Å². The van der Waals surface area contributed by atoms with Crippen LogP contribution in [0.2, 0.25) is 0 Å². The molecule has 21 heavy (non-hydrogen) atoms. The molecule has 9 heteroatoms. The Morgan fingerprint density at radius 3 is 2.90 bits per heavy atom. The van der Waals surface area contributed by atoms with Gasteiger partial charge in [0.05, 0.1) is 6.61 Å². The Morgan fingerprint density at radius 2 is 2.24 bits per heavy atom. The van der Waals surface area contributed by atoms with Crippen LogP contribution in [0.5, 0.6) is 0 Å². The zero-order valence-corrected chi connectivity index (χ0v) is 13.9. The molecule has 1 aliphatic heterocycles. The third kappa shape index (κ3) is 3.54. The van der Waals surface area contributed by atoms with Gasteiger partial charge in [-0.1, -0.05) is 12.8 Å². The number of rotatable bonds is 4. The lowest BCUT2D eigenvalue weighted by molar-refractivity contribution is 0.186. The van der Waals surface area contributed by atoms with Gasteiger partial charge in [0.15, 0.2) is 5.82 Å². The fraction of sp³-hybridized carbons (Fsp3) is 0.583. The van der Waals surface area contributed by atoms with Gasteiger partial charge in [-0.2, -0.15) is 4.31 Å². The maximum absolute atomic E-state index is 12.9. The first-order valence-electron chi connectivity index (χ1n) is 6.75. The Balaban J connectivity index is 2.46. The Labute approximate surface area is 132 Å². The Kier molecular flexibility index (Phi) is 5.55. The quantitative estimate of drug-likeness (QED) is 0.533. The molecule has 0 aromatic carbocycles. The Bertz CT molecular complexity index is 596. The number of aliphatic hydroxyl groups is 1. The van der Waals surface area contributed by atoms with E-state index in [1.165, 1.54) is 16.6 Å². The minimum Gasteiger partial charge on any atom is -0.395 e. The molecule has 0 spiro atoms. The highest BCUT2D eigenvalue weighted by atomic mass is 79.9. The van der Waals surface area contributed by atoms with Crippen LogP contribution in [0.3, 0.4) is 0 Å². The van der Waals surface area contributed by atoms with E-state index in [1.807, 2.05) is 0 Å². The highest BCUT2D eigenvalue weighted by Gasteiger charge is 2.34. The lowest BCUT2D eigenvalue weighted by atomic mass is 10.1. The number of nitrogens with one attached hydrogen (secondary N) is 1. The molecule has 0 radical (unpaired) electrons. The van der Waals surface area contributed by atoms with E-state index >= 15 is 0 Å². The van der Waals surface area contributed by atoms with Crippen molar-refractivity contribution in [3.05, 3.63) is 16.7 Å². The molecular formula is C12H19BrN4O3S. The van der Waals surface area contributed by atoms with E-state index in [2.05, 4.69) is 26.3 Å². The van der Waals surface area contributed by atoms with Crippen molar-refractivity contribution in [2.45, 2.75) is 36.6 Å². The number of hydrogen-bond donors (Lipinski definition) is 3. The average Bonchev–Trinajstić information content (AvgIpc) is 2.72. The summed E-state index contributed by atoms with van der Waals surface area (Å²) in [4.78, 5) is 3.99. The minimum atomic E-state index is -3.77. The van der Waals surface area contributed by atoms with Crippen LogP contribution in [0.1, 0.15) is 25.7 Å². The van der Waals surface area contributed by atoms with Gasteiger partial charge in [0, 0.05) is 23.3 Å². The van der Waals surface area contributed by atoms with Crippen molar-refractivity contribution in [2.75, 3.05) is 18.6 Å². The van der Waals surface area contributed by atoms with Gasteiger partial charge in [-0.25, -0.2) is 19.2 Å². The summed E-state index contributed by atoms with van der Waals surface area (Å²) in [6.45, 7) is 0.204. The zero-order chi connectivity index (χ0) is 15.5. The summed E-state index contributed by atoms with van der Waals surface area (Å²) in [5, 5.41) is 9.51. The third-order valence-electron chi connectivity index (χ3n) is 3.58. The van der Waals surface area contributed by atoms with Crippen molar-refractivity contribution in [3.8, 4) is 0 Å². The van der Waals surface area contributed by atoms with E-state index in [0.29, 0.717) is 17.4 Å². The van der Waals surface area contributed by atoms with Gasteiger partial charge < -0.3 is 10.5 Å². The fourth-order valence-corrected chi connectivity index (χ4v) is 4.80. The molecule has 4 N–H and O–H groups in total. The number of hydrogen-bond acceptors (Lipinski definition) is 6. The molecule has 2 heterocycles. The highest BCUT2D eigenvalue weighted by molar-refractivity contribution is 9.10. The summed E-state index contributed by atoms with van der Waals surface area (Å²) in [6.07, 6.45) is 4.78. The first kappa shape index (κ1) is 16.6. The van der Waals surface area contributed by atoms with E-state index in [4.69, 9.17) is 5.84 Å². The second-order valence-corrected chi connectivity index (χ2v) is 7.72. The highest BCUT2D eigenvalue weighted by Crippen LogP contribution is 2.29. The number of hydrazine groups is 1. The molecule has 118 valence electrons. The van der Waals surface area contributed by atoms with Gasteiger partial charge in [0.2, 0.25) is 10.0 Å².